The highest BCUT2D eigenvalue weighted by atomic mass is 35.5. The first-order valence-electron chi connectivity index (χ1n) is 12.7. The number of anilines is 1. The highest BCUT2D eigenvalue weighted by molar-refractivity contribution is 8.02. The molecule has 0 N–H and O–H groups in total. The number of amides is 1. The number of halogens is 3. The normalized spacial score (nSPS) is 19.7. The first-order valence-corrected chi connectivity index (χ1v) is 13.5. The van der Waals surface area contributed by atoms with Crippen LogP contribution in [0.25, 0.3) is 16.6 Å². The molecule has 37 heavy (non-hydrogen) atoms. The minimum Gasteiger partial charge on any atom is -0.367 e. The zero-order chi connectivity index (χ0) is 24.6. The largest absolute Gasteiger partial charge is 0.367 e. The van der Waals surface area contributed by atoms with E-state index in [4.69, 9.17) is 0 Å². The molecular formula is C28H37Cl2FN4OS. The van der Waals surface area contributed by atoms with E-state index in [9.17, 15) is 9.18 Å². The van der Waals surface area contributed by atoms with Crippen molar-refractivity contribution >= 4 is 59.1 Å². The van der Waals surface area contributed by atoms with E-state index in [1.54, 1.807) is 11.8 Å². The van der Waals surface area contributed by atoms with Crippen molar-refractivity contribution in [2.45, 2.75) is 43.7 Å². The summed E-state index contributed by atoms with van der Waals surface area (Å²) in [6, 6.07) is 15.1. The molecule has 3 aromatic rings. The number of piperazine rings is 1. The molecule has 2 fully saturated rings. The Balaban J connectivity index is 0.00000190. The second-order valence-electron chi connectivity index (χ2n) is 10.1. The smallest absolute Gasteiger partial charge is 0.239 e. The summed E-state index contributed by atoms with van der Waals surface area (Å²) in [5.74, 6) is 0.0641. The number of hydrogen-bond acceptors (Lipinski definition) is 4. The average molecular weight is 568 g/mol. The van der Waals surface area contributed by atoms with E-state index < -0.39 is 0 Å². The van der Waals surface area contributed by atoms with E-state index in [1.807, 2.05) is 26.0 Å². The van der Waals surface area contributed by atoms with Crippen molar-refractivity contribution in [3.05, 3.63) is 60.5 Å². The van der Waals surface area contributed by atoms with Crippen LogP contribution in [0.15, 0.2) is 54.7 Å². The molecule has 1 unspecified atom stereocenters. The molecule has 0 aliphatic carbocycles. The molecule has 2 aromatic carbocycles. The van der Waals surface area contributed by atoms with Crippen LogP contribution < -0.4 is 4.90 Å². The van der Waals surface area contributed by atoms with Gasteiger partial charge in [0.05, 0.1) is 21.3 Å². The van der Waals surface area contributed by atoms with Gasteiger partial charge in [-0.1, -0.05) is 18.2 Å². The Bertz CT molecular complexity index is 1190. The number of carbonyl (C=O) groups excluding carboxylic acids is 1. The summed E-state index contributed by atoms with van der Waals surface area (Å²) in [7, 11) is 0. The van der Waals surface area contributed by atoms with E-state index in [0.717, 1.165) is 63.3 Å². The summed E-state index contributed by atoms with van der Waals surface area (Å²) in [4.78, 5) is 19.7. The number of nitrogens with zero attached hydrogens (tertiary/aromatic N) is 4. The minimum atomic E-state index is -0.282. The van der Waals surface area contributed by atoms with Crippen LogP contribution in [-0.4, -0.2) is 69.7 Å². The van der Waals surface area contributed by atoms with E-state index in [2.05, 4.69) is 56.7 Å². The molecule has 9 heteroatoms. The van der Waals surface area contributed by atoms with Gasteiger partial charge in [-0.05, 0) is 70.5 Å². The second-order valence-corrected chi connectivity index (χ2v) is 12.1. The van der Waals surface area contributed by atoms with E-state index in [-0.39, 0.29) is 46.7 Å². The fourth-order valence-electron chi connectivity index (χ4n) is 5.39. The van der Waals surface area contributed by atoms with Crippen LogP contribution in [0, 0.1) is 5.82 Å². The van der Waals surface area contributed by atoms with Gasteiger partial charge in [0.25, 0.3) is 0 Å². The minimum absolute atomic E-state index is 0. The Labute approximate surface area is 236 Å². The molecule has 0 bridgehead atoms. The van der Waals surface area contributed by atoms with Crippen molar-refractivity contribution in [3.63, 3.8) is 0 Å². The quantitative estimate of drug-likeness (QED) is 0.318. The Morgan fingerprint density at radius 2 is 1.59 bits per heavy atom. The molecule has 1 aromatic heterocycles. The topological polar surface area (TPSA) is 31.7 Å². The van der Waals surface area contributed by atoms with Gasteiger partial charge in [0.2, 0.25) is 5.91 Å². The van der Waals surface area contributed by atoms with Gasteiger partial charge in [-0.15, -0.1) is 36.6 Å². The maximum Gasteiger partial charge on any atom is 0.239 e. The van der Waals surface area contributed by atoms with Crippen LogP contribution in [0.1, 0.15) is 33.6 Å². The molecule has 1 amide bonds. The monoisotopic (exact) mass is 566 g/mol. The van der Waals surface area contributed by atoms with Crippen molar-refractivity contribution in [2.24, 2.45) is 0 Å². The number of thioether (sulfide) groups is 1. The van der Waals surface area contributed by atoms with Gasteiger partial charge in [-0.3, -0.25) is 9.69 Å². The lowest BCUT2D eigenvalue weighted by molar-refractivity contribution is -0.131. The summed E-state index contributed by atoms with van der Waals surface area (Å²) in [5.41, 5.74) is 3.36. The van der Waals surface area contributed by atoms with E-state index in [1.165, 1.54) is 23.2 Å². The molecule has 2 saturated heterocycles. The van der Waals surface area contributed by atoms with Gasteiger partial charge >= 0.3 is 0 Å². The standard InChI is InChI=1S/C28H35FN4OS.2ClH/c1-21-32(27(34)28(2,3)35-21)15-7-6-14-30-16-18-31(19-17-30)26-20-33(23-12-10-22(29)11-13-23)25-9-5-4-8-24(25)26;;/h4-5,8-13,20-21H,6-7,14-19H2,1-3H3;2*1H. The van der Waals surface area contributed by atoms with Gasteiger partial charge in [0, 0.05) is 50.0 Å². The Kier molecular flexibility index (Phi) is 9.84. The lowest BCUT2D eigenvalue weighted by Gasteiger charge is -2.36. The number of aromatic nitrogens is 1. The van der Waals surface area contributed by atoms with Crippen molar-refractivity contribution in [3.8, 4) is 5.69 Å². The molecule has 0 saturated carbocycles. The Morgan fingerprint density at radius 3 is 2.24 bits per heavy atom. The maximum absolute atomic E-state index is 13.5. The number of carbonyl (C=O) groups is 1. The fourth-order valence-corrected chi connectivity index (χ4v) is 6.79. The number of unbranched alkanes of at least 4 members (excludes halogenated alkanes) is 1. The molecular weight excluding hydrogens is 530 g/mol. The molecule has 2 aliphatic rings. The first kappa shape index (κ1) is 29.6. The number of rotatable bonds is 7. The predicted molar refractivity (Wildman–Crippen MR) is 158 cm³/mol. The number of fused-ring (bicyclic) bond motifs is 1. The third-order valence-corrected chi connectivity index (χ3v) is 8.67. The van der Waals surface area contributed by atoms with Gasteiger partial charge < -0.3 is 14.4 Å². The molecule has 0 radical (unpaired) electrons. The highest BCUT2D eigenvalue weighted by Gasteiger charge is 2.43. The lowest BCUT2D eigenvalue weighted by Crippen LogP contribution is -2.46. The zero-order valence-corrected chi connectivity index (χ0v) is 24.2. The maximum atomic E-state index is 13.5. The van der Waals surface area contributed by atoms with Crippen molar-refractivity contribution in [1.82, 2.24) is 14.4 Å². The van der Waals surface area contributed by atoms with Crippen LogP contribution in [0.5, 0.6) is 0 Å². The molecule has 2 aliphatic heterocycles. The SMILES string of the molecule is CC1SC(C)(C)C(=O)N1CCCCN1CCN(c2cn(-c3ccc(F)cc3)c3ccccc23)CC1.Cl.Cl. The van der Waals surface area contributed by atoms with Crippen molar-refractivity contribution in [2.75, 3.05) is 44.2 Å². The summed E-state index contributed by atoms with van der Waals surface area (Å²) in [6.07, 6.45) is 4.37. The lowest BCUT2D eigenvalue weighted by atomic mass is 10.1. The van der Waals surface area contributed by atoms with Gasteiger partial charge in [0.15, 0.2) is 0 Å². The predicted octanol–water partition coefficient (Wildman–Crippen LogP) is 6.22. The van der Waals surface area contributed by atoms with Crippen LogP contribution >= 0.6 is 36.6 Å². The molecule has 0 spiro atoms. The van der Waals surface area contributed by atoms with Gasteiger partial charge in [0.1, 0.15) is 5.82 Å². The third-order valence-electron chi connectivity index (χ3n) is 7.31. The molecule has 3 heterocycles. The Morgan fingerprint density at radius 1 is 0.946 bits per heavy atom. The van der Waals surface area contributed by atoms with Crippen molar-refractivity contribution in [1.29, 1.82) is 0 Å². The Hall–Kier alpha value is -1.93. The number of para-hydroxylation sites is 1. The summed E-state index contributed by atoms with van der Waals surface area (Å²) in [5, 5.41) is 1.51. The molecule has 5 rings (SSSR count). The summed E-state index contributed by atoms with van der Waals surface area (Å²) < 4.78 is 15.3. The average Bonchev–Trinajstić information content (AvgIpc) is 3.32. The molecule has 1 atom stereocenters. The zero-order valence-electron chi connectivity index (χ0n) is 21.7. The number of hydrogen-bond donors (Lipinski definition) is 0. The highest BCUT2D eigenvalue weighted by Crippen LogP contribution is 2.40. The van der Waals surface area contributed by atoms with Crippen LogP contribution in [0.4, 0.5) is 10.1 Å². The fraction of sp³-hybridized carbons (Fsp3) is 0.464. The van der Waals surface area contributed by atoms with Gasteiger partial charge in [-0.2, -0.15) is 0 Å². The second kappa shape index (κ2) is 12.3. The summed E-state index contributed by atoms with van der Waals surface area (Å²) >= 11 is 1.77. The van der Waals surface area contributed by atoms with Crippen LogP contribution in [-0.2, 0) is 4.79 Å². The first-order chi connectivity index (χ1) is 16.8. The van der Waals surface area contributed by atoms with Crippen molar-refractivity contribution < 1.29 is 9.18 Å². The van der Waals surface area contributed by atoms with Gasteiger partial charge in [-0.25, -0.2) is 4.39 Å². The van der Waals surface area contributed by atoms with E-state index in [0.29, 0.717) is 0 Å². The van der Waals surface area contributed by atoms with Crippen LogP contribution in [0.3, 0.4) is 0 Å². The molecule has 202 valence electrons. The molecule has 5 nitrogen and oxygen atoms in total. The number of benzene rings is 2. The summed E-state index contributed by atoms with van der Waals surface area (Å²) in [6.45, 7) is 12.2. The third kappa shape index (κ3) is 6.22. The van der Waals surface area contributed by atoms with E-state index >= 15 is 0 Å². The van der Waals surface area contributed by atoms with Crippen LogP contribution in [0.2, 0.25) is 0 Å².